The van der Waals surface area contributed by atoms with Gasteiger partial charge in [0, 0.05) is 37.4 Å². The Morgan fingerprint density at radius 2 is 1.97 bits per heavy atom. The summed E-state index contributed by atoms with van der Waals surface area (Å²) < 4.78 is 24.7. The highest BCUT2D eigenvalue weighted by atomic mass is 16.6. The van der Waals surface area contributed by atoms with Gasteiger partial charge < -0.3 is 23.8 Å². The number of amides is 1. The number of benzene rings is 1. The van der Waals surface area contributed by atoms with Gasteiger partial charge in [-0.15, -0.1) is 0 Å². The quantitative estimate of drug-likeness (QED) is 0.670. The van der Waals surface area contributed by atoms with Crippen molar-refractivity contribution in [1.29, 1.82) is 0 Å². The van der Waals surface area contributed by atoms with E-state index in [1.807, 2.05) is 44.7 Å². The van der Waals surface area contributed by atoms with Crippen molar-refractivity contribution in [2.45, 2.75) is 83.7 Å². The fourth-order valence-electron chi connectivity index (χ4n) is 5.09. The minimum Gasteiger partial charge on any atom is -0.490 e. The van der Waals surface area contributed by atoms with Gasteiger partial charge in [-0.25, -0.2) is 4.79 Å². The molecule has 6 nitrogen and oxygen atoms in total. The fourth-order valence-corrected chi connectivity index (χ4v) is 5.09. The Morgan fingerprint density at radius 1 is 1.23 bits per heavy atom. The summed E-state index contributed by atoms with van der Waals surface area (Å²) in [4.78, 5) is 14.4. The van der Waals surface area contributed by atoms with Crippen molar-refractivity contribution < 1.29 is 23.7 Å². The van der Waals surface area contributed by atoms with Crippen LogP contribution < -0.4 is 9.47 Å². The highest BCUT2D eigenvalue weighted by Crippen LogP contribution is 2.56. The van der Waals surface area contributed by atoms with Crippen molar-refractivity contribution in [3.63, 3.8) is 0 Å². The Morgan fingerprint density at radius 3 is 2.63 bits per heavy atom. The Hall–Kier alpha value is -1.95. The molecule has 166 valence electrons. The van der Waals surface area contributed by atoms with Gasteiger partial charge in [0.05, 0.1) is 18.8 Å². The molecular weight excluding hydrogens is 382 g/mol. The maximum atomic E-state index is 12.6. The third-order valence-electron chi connectivity index (χ3n) is 6.49. The first-order valence-electron chi connectivity index (χ1n) is 11.3. The van der Waals surface area contributed by atoms with Gasteiger partial charge in [-0.2, -0.15) is 0 Å². The van der Waals surface area contributed by atoms with Crippen molar-refractivity contribution in [2.75, 3.05) is 19.7 Å². The molecule has 0 bridgehead atoms. The molecule has 0 unspecified atom stereocenters. The molecule has 1 amide bonds. The molecule has 1 aromatic carbocycles. The third kappa shape index (κ3) is 3.98. The summed E-state index contributed by atoms with van der Waals surface area (Å²) >= 11 is 0. The number of ether oxygens (including phenoxy) is 4. The van der Waals surface area contributed by atoms with Crippen molar-refractivity contribution in [1.82, 2.24) is 4.90 Å². The van der Waals surface area contributed by atoms with Crippen molar-refractivity contribution in [2.24, 2.45) is 5.92 Å². The largest absolute Gasteiger partial charge is 0.490 e. The van der Waals surface area contributed by atoms with E-state index in [4.69, 9.17) is 18.9 Å². The van der Waals surface area contributed by atoms with Gasteiger partial charge >= 0.3 is 6.09 Å². The molecule has 6 heteroatoms. The molecular formula is C24H35NO5. The molecule has 2 fully saturated rings. The second-order valence-electron chi connectivity index (χ2n) is 9.79. The molecule has 2 saturated heterocycles. The number of carbonyl (C=O) groups excluding carboxylic acids is 1. The molecule has 3 aliphatic heterocycles. The molecule has 30 heavy (non-hydrogen) atoms. The van der Waals surface area contributed by atoms with Crippen LogP contribution in [0.15, 0.2) is 18.2 Å². The molecule has 0 N–H and O–H groups in total. The number of para-hydroxylation sites is 1. The SMILES string of the molecule is CCOc1cccc2c1OC1(CCN(C(=O)OC(C)(C)C)CC1)[C@@H]1CC[C@@H](C)O[C@@H]21. The lowest BCUT2D eigenvalue weighted by atomic mass is 9.69. The minimum absolute atomic E-state index is 0.00554. The summed E-state index contributed by atoms with van der Waals surface area (Å²) in [5, 5.41) is 0. The minimum atomic E-state index is -0.489. The van der Waals surface area contributed by atoms with Crippen LogP contribution in [0.25, 0.3) is 0 Å². The predicted octanol–water partition coefficient (Wildman–Crippen LogP) is 5.10. The number of likely N-dealkylation sites (tertiary alicyclic amines) is 1. The zero-order chi connectivity index (χ0) is 21.5. The molecule has 0 aliphatic carbocycles. The normalized spacial score (nSPS) is 27.6. The Balaban J connectivity index is 1.60. The van der Waals surface area contributed by atoms with E-state index in [2.05, 4.69) is 13.0 Å². The number of piperidine rings is 1. The highest BCUT2D eigenvalue weighted by molar-refractivity contribution is 5.68. The molecule has 0 radical (unpaired) electrons. The van der Waals surface area contributed by atoms with Gasteiger partial charge in [-0.1, -0.05) is 12.1 Å². The van der Waals surface area contributed by atoms with E-state index in [-0.39, 0.29) is 29.8 Å². The fraction of sp³-hybridized carbons (Fsp3) is 0.708. The third-order valence-corrected chi connectivity index (χ3v) is 6.49. The second kappa shape index (κ2) is 7.95. The summed E-state index contributed by atoms with van der Waals surface area (Å²) in [7, 11) is 0. The molecule has 3 heterocycles. The summed E-state index contributed by atoms with van der Waals surface area (Å²) in [6, 6.07) is 6.10. The topological polar surface area (TPSA) is 57.2 Å². The standard InChI is InChI=1S/C24H35NO5/c1-6-27-19-9-7-8-17-20-18(11-10-16(2)28-20)24(29-21(17)19)12-14-25(15-13-24)22(26)30-23(3,4)5/h7-9,16,18,20H,6,10-15H2,1-5H3/t16-,18-,20+/m1/s1. The first-order valence-corrected chi connectivity index (χ1v) is 11.3. The molecule has 3 atom stereocenters. The van der Waals surface area contributed by atoms with Crippen LogP contribution >= 0.6 is 0 Å². The summed E-state index contributed by atoms with van der Waals surface area (Å²) in [6.07, 6.45) is 3.63. The van der Waals surface area contributed by atoms with Gasteiger partial charge in [0.25, 0.3) is 0 Å². The monoisotopic (exact) mass is 417 g/mol. The summed E-state index contributed by atoms with van der Waals surface area (Å²) in [5.74, 6) is 1.88. The highest BCUT2D eigenvalue weighted by Gasteiger charge is 2.54. The van der Waals surface area contributed by atoms with Gasteiger partial charge in [-0.05, 0) is 53.5 Å². The van der Waals surface area contributed by atoms with Crippen LogP contribution in [0, 0.1) is 5.92 Å². The Labute approximate surface area is 179 Å². The van der Waals surface area contributed by atoms with Gasteiger partial charge in [-0.3, -0.25) is 0 Å². The van der Waals surface area contributed by atoms with E-state index in [0.717, 1.165) is 42.7 Å². The van der Waals surface area contributed by atoms with Crippen LogP contribution in [0.3, 0.4) is 0 Å². The maximum Gasteiger partial charge on any atom is 0.410 e. The molecule has 1 aromatic rings. The van der Waals surface area contributed by atoms with E-state index in [0.29, 0.717) is 19.7 Å². The first kappa shape index (κ1) is 21.3. The van der Waals surface area contributed by atoms with E-state index in [1.54, 1.807) is 0 Å². The summed E-state index contributed by atoms with van der Waals surface area (Å²) in [5.41, 5.74) is 0.263. The van der Waals surface area contributed by atoms with Crippen LogP contribution in [0.5, 0.6) is 11.5 Å². The number of carbonyl (C=O) groups is 1. The van der Waals surface area contributed by atoms with E-state index in [1.165, 1.54) is 0 Å². The number of hydrogen-bond donors (Lipinski definition) is 0. The second-order valence-corrected chi connectivity index (χ2v) is 9.79. The van der Waals surface area contributed by atoms with Crippen LogP contribution in [0.1, 0.15) is 72.0 Å². The van der Waals surface area contributed by atoms with Crippen molar-refractivity contribution in [3.05, 3.63) is 23.8 Å². The lowest BCUT2D eigenvalue weighted by Crippen LogP contribution is -2.58. The molecule has 0 aromatic heterocycles. The molecule has 4 rings (SSSR count). The lowest BCUT2D eigenvalue weighted by molar-refractivity contribution is -0.169. The van der Waals surface area contributed by atoms with Gasteiger partial charge in [0.2, 0.25) is 0 Å². The lowest BCUT2D eigenvalue weighted by Gasteiger charge is -2.54. The van der Waals surface area contributed by atoms with E-state index >= 15 is 0 Å². The van der Waals surface area contributed by atoms with Crippen molar-refractivity contribution in [3.8, 4) is 11.5 Å². The van der Waals surface area contributed by atoms with Crippen LogP contribution in [0.4, 0.5) is 4.79 Å². The smallest absolute Gasteiger partial charge is 0.410 e. The van der Waals surface area contributed by atoms with E-state index in [9.17, 15) is 4.79 Å². The molecule has 1 spiro atoms. The van der Waals surface area contributed by atoms with Crippen LogP contribution in [0.2, 0.25) is 0 Å². The predicted molar refractivity (Wildman–Crippen MR) is 114 cm³/mol. The average molecular weight is 418 g/mol. The Bertz CT molecular complexity index is 778. The van der Waals surface area contributed by atoms with Crippen LogP contribution in [-0.2, 0) is 9.47 Å². The van der Waals surface area contributed by atoms with E-state index < -0.39 is 5.60 Å². The number of rotatable bonds is 2. The zero-order valence-corrected chi connectivity index (χ0v) is 18.9. The van der Waals surface area contributed by atoms with Crippen LogP contribution in [-0.4, -0.2) is 48.0 Å². The number of nitrogens with zero attached hydrogens (tertiary/aromatic N) is 1. The zero-order valence-electron chi connectivity index (χ0n) is 18.9. The average Bonchev–Trinajstić information content (AvgIpc) is 2.68. The number of fused-ring (bicyclic) bond motifs is 4. The molecule has 3 aliphatic rings. The number of hydrogen-bond acceptors (Lipinski definition) is 5. The van der Waals surface area contributed by atoms with Gasteiger partial charge in [0.15, 0.2) is 11.5 Å². The van der Waals surface area contributed by atoms with Crippen molar-refractivity contribution >= 4 is 6.09 Å². The summed E-state index contributed by atoms with van der Waals surface area (Å²) in [6.45, 7) is 11.7. The molecule has 0 saturated carbocycles. The van der Waals surface area contributed by atoms with Gasteiger partial charge in [0.1, 0.15) is 11.2 Å². The first-order chi connectivity index (χ1) is 14.2. The maximum absolute atomic E-state index is 12.6. The Kier molecular flexibility index (Phi) is 5.64.